The summed E-state index contributed by atoms with van der Waals surface area (Å²) in [5.41, 5.74) is 2.14. The van der Waals surface area contributed by atoms with Crippen LogP contribution in [0.1, 0.15) is 57.6 Å². The van der Waals surface area contributed by atoms with Crippen LogP contribution < -0.4 is 16.0 Å². The first-order valence-electron chi connectivity index (χ1n) is 15.6. The predicted molar refractivity (Wildman–Crippen MR) is 160 cm³/mol. The highest BCUT2D eigenvalue weighted by molar-refractivity contribution is 6.38. The zero-order valence-corrected chi connectivity index (χ0v) is 25.4. The lowest BCUT2D eigenvalue weighted by molar-refractivity contribution is -0.144. The van der Waals surface area contributed by atoms with E-state index < -0.39 is 41.8 Å². The van der Waals surface area contributed by atoms with Crippen LogP contribution in [-0.4, -0.2) is 72.3 Å². The Balaban J connectivity index is 1.35. The standard InChI is InChI=1S/C33H44N4O6/c1-5-9-24(28(38)30(40)34-14-6-2)35-29(39)27-25-23(33(25,3)4)17-37(27)31(41)26(36-32(42)43-18-19-12-13-19)22-15-20-10-7-8-11-21(20)16-22/h6-8,10-11,19,22-27H,2,5,9,12-18H2,1,3-4H3,(H,34,40)(H,35,39)(H,36,42)/t23-,24?,25-,26+,27+/m1/s1. The van der Waals surface area contributed by atoms with Crippen molar-refractivity contribution >= 4 is 29.6 Å². The summed E-state index contributed by atoms with van der Waals surface area (Å²) in [5.74, 6) is -2.04. The Labute approximate surface area is 253 Å². The summed E-state index contributed by atoms with van der Waals surface area (Å²) in [7, 11) is 0. The van der Waals surface area contributed by atoms with E-state index in [-0.39, 0.29) is 35.6 Å². The summed E-state index contributed by atoms with van der Waals surface area (Å²) in [6, 6.07) is 5.34. The van der Waals surface area contributed by atoms with Gasteiger partial charge in [-0.15, -0.1) is 6.58 Å². The molecule has 232 valence electrons. The molecule has 4 amide bonds. The number of fused-ring (bicyclic) bond motifs is 2. The van der Waals surface area contributed by atoms with Gasteiger partial charge >= 0.3 is 6.09 Å². The van der Waals surface area contributed by atoms with E-state index in [0.29, 0.717) is 44.8 Å². The number of ketones is 1. The lowest BCUT2D eigenvalue weighted by Crippen LogP contribution is -2.59. The number of nitrogens with zero attached hydrogens (tertiary/aromatic N) is 1. The number of hydrogen-bond donors (Lipinski definition) is 3. The number of rotatable bonds is 13. The summed E-state index contributed by atoms with van der Waals surface area (Å²) in [6.07, 6.45) is 5.06. The number of alkyl carbamates (subject to hydrolysis) is 1. The fraction of sp³-hybridized carbons (Fsp3) is 0.606. The third-order valence-corrected chi connectivity index (χ3v) is 9.84. The van der Waals surface area contributed by atoms with Crippen LogP contribution in [0.3, 0.4) is 0 Å². The highest BCUT2D eigenvalue weighted by Crippen LogP contribution is 2.65. The molecule has 1 aliphatic heterocycles. The molecule has 3 N–H and O–H groups in total. The molecule has 1 heterocycles. The number of carbonyl (C=O) groups is 5. The number of benzene rings is 1. The molecule has 1 saturated heterocycles. The molecule has 0 bridgehead atoms. The van der Waals surface area contributed by atoms with Gasteiger partial charge in [0.2, 0.25) is 17.6 Å². The maximum absolute atomic E-state index is 14.4. The first-order valence-corrected chi connectivity index (χ1v) is 15.6. The Bertz CT molecular complexity index is 1260. The SMILES string of the molecule is C=CCNC(=O)C(=O)C(CCC)NC(=O)[C@@H]1[C@H]2[C@@H](CN1C(=O)[C@@H](NC(=O)OCC1CC1)C1Cc3ccccc3C1)C2(C)C. The highest BCUT2D eigenvalue weighted by Gasteiger charge is 2.69. The molecular weight excluding hydrogens is 548 g/mol. The monoisotopic (exact) mass is 592 g/mol. The molecule has 1 aromatic carbocycles. The van der Waals surface area contributed by atoms with Crippen LogP contribution >= 0.6 is 0 Å². The van der Waals surface area contributed by atoms with Crippen molar-refractivity contribution in [2.45, 2.75) is 77.4 Å². The largest absolute Gasteiger partial charge is 0.449 e. The minimum absolute atomic E-state index is 0.0911. The number of nitrogens with one attached hydrogen (secondary N) is 3. The molecule has 2 saturated carbocycles. The number of hydrogen-bond acceptors (Lipinski definition) is 6. The van der Waals surface area contributed by atoms with Gasteiger partial charge in [0.05, 0.1) is 12.6 Å². The van der Waals surface area contributed by atoms with Crippen molar-refractivity contribution in [1.29, 1.82) is 0 Å². The number of likely N-dealkylation sites (tertiary alicyclic amines) is 1. The van der Waals surface area contributed by atoms with Crippen LogP contribution in [0, 0.1) is 29.1 Å². The molecule has 4 aliphatic rings. The Kier molecular flexibility index (Phi) is 8.94. The van der Waals surface area contributed by atoms with E-state index in [1.807, 2.05) is 31.2 Å². The fourth-order valence-electron chi connectivity index (χ4n) is 7.07. The quantitative estimate of drug-likeness (QED) is 0.238. The topological polar surface area (TPSA) is 134 Å². The molecule has 1 aromatic rings. The smallest absolute Gasteiger partial charge is 0.407 e. The third-order valence-electron chi connectivity index (χ3n) is 9.84. The molecule has 43 heavy (non-hydrogen) atoms. The summed E-state index contributed by atoms with van der Waals surface area (Å²) in [5, 5.41) is 8.19. The minimum Gasteiger partial charge on any atom is -0.449 e. The molecule has 1 unspecified atom stereocenters. The molecule has 10 heteroatoms. The van der Waals surface area contributed by atoms with Crippen molar-refractivity contribution in [1.82, 2.24) is 20.9 Å². The summed E-state index contributed by atoms with van der Waals surface area (Å²) < 4.78 is 5.46. The van der Waals surface area contributed by atoms with Crippen LogP contribution in [0.25, 0.3) is 0 Å². The molecule has 3 aliphatic carbocycles. The van der Waals surface area contributed by atoms with Crippen LogP contribution in [0.5, 0.6) is 0 Å². The summed E-state index contributed by atoms with van der Waals surface area (Å²) in [4.78, 5) is 68.1. The maximum atomic E-state index is 14.4. The van der Waals surface area contributed by atoms with Crippen molar-refractivity contribution < 1.29 is 28.7 Å². The number of amides is 4. The van der Waals surface area contributed by atoms with E-state index in [9.17, 15) is 24.0 Å². The van der Waals surface area contributed by atoms with Gasteiger partial charge in [-0.05, 0) is 72.3 Å². The molecule has 0 spiro atoms. The van der Waals surface area contributed by atoms with E-state index in [1.54, 1.807) is 4.90 Å². The lowest BCUT2D eigenvalue weighted by atomic mass is 9.93. The van der Waals surface area contributed by atoms with Crippen molar-refractivity contribution in [3.05, 3.63) is 48.0 Å². The van der Waals surface area contributed by atoms with Crippen LogP contribution in [-0.2, 0) is 36.8 Å². The number of Topliss-reactive ketones (excluding diaryl/α,β-unsaturated/α-hetero) is 1. The molecule has 0 aromatic heterocycles. The maximum Gasteiger partial charge on any atom is 0.407 e. The Hall–Kier alpha value is -3.69. The number of ether oxygens (including phenoxy) is 1. The molecule has 5 atom stereocenters. The molecule has 0 radical (unpaired) electrons. The number of piperidine rings is 1. The molecule has 5 rings (SSSR count). The molecule has 3 fully saturated rings. The van der Waals surface area contributed by atoms with Gasteiger partial charge in [0.15, 0.2) is 0 Å². The zero-order chi connectivity index (χ0) is 30.9. The first-order chi connectivity index (χ1) is 20.6. The summed E-state index contributed by atoms with van der Waals surface area (Å²) in [6.45, 7) is 10.4. The Morgan fingerprint density at radius 3 is 2.37 bits per heavy atom. The van der Waals surface area contributed by atoms with Crippen LogP contribution in [0.15, 0.2) is 36.9 Å². The van der Waals surface area contributed by atoms with Gasteiger partial charge in [0.25, 0.3) is 5.91 Å². The average molecular weight is 593 g/mol. The van der Waals surface area contributed by atoms with Crippen LogP contribution in [0.2, 0.25) is 0 Å². The second-order valence-corrected chi connectivity index (χ2v) is 13.2. The third kappa shape index (κ3) is 6.48. The molecular formula is C33H44N4O6. The van der Waals surface area contributed by atoms with Crippen molar-refractivity contribution in [2.24, 2.45) is 29.1 Å². The van der Waals surface area contributed by atoms with Crippen LogP contribution in [0.4, 0.5) is 4.79 Å². The zero-order valence-electron chi connectivity index (χ0n) is 25.4. The van der Waals surface area contributed by atoms with E-state index in [0.717, 1.165) is 24.0 Å². The van der Waals surface area contributed by atoms with E-state index >= 15 is 0 Å². The lowest BCUT2D eigenvalue weighted by Gasteiger charge is -2.35. The van der Waals surface area contributed by atoms with E-state index in [1.165, 1.54) is 6.08 Å². The van der Waals surface area contributed by atoms with E-state index in [4.69, 9.17) is 4.74 Å². The average Bonchev–Trinajstić information content (AvgIpc) is 3.76. The Morgan fingerprint density at radius 2 is 1.77 bits per heavy atom. The van der Waals surface area contributed by atoms with Gasteiger partial charge in [0, 0.05) is 13.1 Å². The first kappa shape index (κ1) is 30.8. The highest BCUT2D eigenvalue weighted by atomic mass is 16.5. The van der Waals surface area contributed by atoms with Gasteiger partial charge in [0.1, 0.15) is 12.1 Å². The van der Waals surface area contributed by atoms with Gasteiger partial charge < -0.3 is 25.6 Å². The number of carbonyl (C=O) groups excluding carboxylic acids is 5. The van der Waals surface area contributed by atoms with Gasteiger partial charge in [-0.25, -0.2) is 4.79 Å². The van der Waals surface area contributed by atoms with Gasteiger partial charge in [-0.1, -0.05) is 57.5 Å². The predicted octanol–water partition coefficient (Wildman–Crippen LogP) is 2.55. The van der Waals surface area contributed by atoms with Gasteiger partial charge in [-0.3, -0.25) is 19.2 Å². The summed E-state index contributed by atoms with van der Waals surface area (Å²) >= 11 is 0. The van der Waals surface area contributed by atoms with Crippen molar-refractivity contribution in [3.63, 3.8) is 0 Å². The fourth-order valence-corrected chi connectivity index (χ4v) is 7.07. The minimum atomic E-state index is -1.00. The second-order valence-electron chi connectivity index (χ2n) is 13.2. The van der Waals surface area contributed by atoms with E-state index in [2.05, 4.69) is 36.4 Å². The second kappa shape index (κ2) is 12.5. The van der Waals surface area contributed by atoms with Crippen molar-refractivity contribution in [3.8, 4) is 0 Å². The Morgan fingerprint density at radius 1 is 1.09 bits per heavy atom. The molecule has 10 nitrogen and oxygen atoms in total. The normalized spacial score (nSPS) is 24.6. The van der Waals surface area contributed by atoms with Gasteiger partial charge in [-0.2, -0.15) is 0 Å². The van der Waals surface area contributed by atoms with Crippen molar-refractivity contribution in [2.75, 3.05) is 19.7 Å².